The zero-order valence-corrected chi connectivity index (χ0v) is 11.3. The third-order valence-electron chi connectivity index (χ3n) is 3.63. The van der Waals surface area contributed by atoms with Crippen LogP contribution < -0.4 is 5.32 Å². The van der Waals surface area contributed by atoms with E-state index >= 15 is 0 Å². The lowest BCUT2D eigenvalue weighted by Gasteiger charge is -2.33. The molecule has 1 aliphatic rings. The Kier molecular flexibility index (Phi) is 4.20. The van der Waals surface area contributed by atoms with Gasteiger partial charge in [-0.3, -0.25) is 19.6 Å². The standard InChI is InChI=1S/C12H16N4O5/c17-10(8-15-7-9(6-13-15)16(20)21)14-12(11(18)19)4-2-1-3-5-12/h6-7H,1-5,8H2,(H,14,17)(H,18,19). The summed E-state index contributed by atoms with van der Waals surface area (Å²) in [5.74, 6) is -1.56. The maximum atomic E-state index is 12.0. The Morgan fingerprint density at radius 1 is 1.43 bits per heavy atom. The topological polar surface area (TPSA) is 127 Å². The van der Waals surface area contributed by atoms with Gasteiger partial charge < -0.3 is 10.4 Å². The average molecular weight is 296 g/mol. The molecule has 0 radical (unpaired) electrons. The van der Waals surface area contributed by atoms with Crippen LogP contribution in [0.15, 0.2) is 12.4 Å². The van der Waals surface area contributed by atoms with Gasteiger partial charge >= 0.3 is 11.7 Å². The summed E-state index contributed by atoms with van der Waals surface area (Å²) in [6.07, 6.45) is 5.42. The Bertz CT molecular complexity index is 562. The first kappa shape index (κ1) is 14.9. The smallest absolute Gasteiger partial charge is 0.329 e. The summed E-state index contributed by atoms with van der Waals surface area (Å²) in [4.78, 5) is 33.3. The van der Waals surface area contributed by atoms with Gasteiger partial charge in [0, 0.05) is 0 Å². The molecule has 21 heavy (non-hydrogen) atoms. The predicted octanol–water partition coefficient (Wildman–Crippen LogP) is 0.695. The number of carbonyl (C=O) groups is 2. The van der Waals surface area contributed by atoms with E-state index in [1.807, 2.05) is 0 Å². The fourth-order valence-corrected chi connectivity index (χ4v) is 2.53. The molecule has 1 aromatic rings. The SMILES string of the molecule is O=C(Cn1cc([N+](=O)[O-])cn1)NC1(C(=O)O)CCCCC1. The van der Waals surface area contributed by atoms with Crippen molar-refractivity contribution in [2.24, 2.45) is 0 Å². The predicted molar refractivity (Wildman–Crippen MR) is 70.5 cm³/mol. The molecule has 1 saturated carbocycles. The van der Waals surface area contributed by atoms with E-state index in [2.05, 4.69) is 10.4 Å². The molecule has 0 bridgehead atoms. The van der Waals surface area contributed by atoms with E-state index in [1.54, 1.807) is 0 Å². The van der Waals surface area contributed by atoms with Crippen molar-refractivity contribution in [2.45, 2.75) is 44.2 Å². The monoisotopic (exact) mass is 296 g/mol. The average Bonchev–Trinajstić information content (AvgIpc) is 2.88. The Balaban J connectivity index is 2.02. The summed E-state index contributed by atoms with van der Waals surface area (Å²) in [7, 11) is 0. The Morgan fingerprint density at radius 3 is 2.62 bits per heavy atom. The number of amides is 1. The number of carboxylic acid groups (broad SMARTS) is 1. The van der Waals surface area contributed by atoms with Crippen LogP contribution in [-0.4, -0.2) is 37.2 Å². The van der Waals surface area contributed by atoms with E-state index in [9.17, 15) is 24.8 Å². The molecule has 0 saturated heterocycles. The van der Waals surface area contributed by atoms with Crippen molar-refractivity contribution in [3.05, 3.63) is 22.5 Å². The van der Waals surface area contributed by atoms with Crippen molar-refractivity contribution in [3.63, 3.8) is 0 Å². The zero-order valence-electron chi connectivity index (χ0n) is 11.3. The molecule has 9 heteroatoms. The maximum Gasteiger partial charge on any atom is 0.329 e. The lowest BCUT2D eigenvalue weighted by Crippen LogP contribution is -2.56. The molecule has 1 amide bonds. The lowest BCUT2D eigenvalue weighted by molar-refractivity contribution is -0.385. The fraction of sp³-hybridized carbons (Fsp3) is 0.583. The highest BCUT2D eigenvalue weighted by atomic mass is 16.6. The van der Waals surface area contributed by atoms with Gasteiger partial charge in [-0.25, -0.2) is 4.79 Å². The molecular weight excluding hydrogens is 280 g/mol. The van der Waals surface area contributed by atoms with E-state index in [4.69, 9.17) is 0 Å². The highest BCUT2D eigenvalue weighted by Crippen LogP contribution is 2.28. The number of nitrogens with one attached hydrogen (secondary N) is 1. The van der Waals surface area contributed by atoms with Crippen molar-refractivity contribution in [3.8, 4) is 0 Å². The Hall–Kier alpha value is -2.45. The van der Waals surface area contributed by atoms with Crippen LogP contribution in [0.5, 0.6) is 0 Å². The molecular formula is C12H16N4O5. The number of carbonyl (C=O) groups excluding carboxylic acids is 1. The van der Waals surface area contributed by atoms with Crippen molar-refractivity contribution in [1.29, 1.82) is 0 Å². The van der Waals surface area contributed by atoms with Crippen LogP contribution in [-0.2, 0) is 16.1 Å². The number of hydrogen-bond acceptors (Lipinski definition) is 5. The molecule has 0 unspecified atom stereocenters. The maximum absolute atomic E-state index is 12.0. The van der Waals surface area contributed by atoms with Crippen LogP contribution in [0.2, 0.25) is 0 Å². The van der Waals surface area contributed by atoms with E-state index < -0.39 is 22.3 Å². The van der Waals surface area contributed by atoms with Crippen LogP contribution >= 0.6 is 0 Å². The molecule has 1 heterocycles. The minimum absolute atomic E-state index is 0.214. The molecule has 0 spiro atoms. The van der Waals surface area contributed by atoms with Crippen LogP contribution in [0.1, 0.15) is 32.1 Å². The number of aliphatic carboxylic acids is 1. The highest BCUT2D eigenvalue weighted by Gasteiger charge is 2.40. The lowest BCUT2D eigenvalue weighted by atomic mass is 9.81. The van der Waals surface area contributed by atoms with Gasteiger partial charge in [0.2, 0.25) is 5.91 Å². The molecule has 114 valence electrons. The summed E-state index contributed by atoms with van der Waals surface area (Å²) in [5.41, 5.74) is -1.44. The second kappa shape index (κ2) is 5.90. The van der Waals surface area contributed by atoms with Gasteiger partial charge in [0.15, 0.2) is 0 Å². The van der Waals surface area contributed by atoms with Gasteiger partial charge in [0.25, 0.3) is 0 Å². The van der Waals surface area contributed by atoms with Crippen LogP contribution in [0.3, 0.4) is 0 Å². The van der Waals surface area contributed by atoms with Gasteiger partial charge in [-0.1, -0.05) is 19.3 Å². The largest absolute Gasteiger partial charge is 0.480 e. The molecule has 0 atom stereocenters. The Labute approximate surface area is 120 Å². The fourth-order valence-electron chi connectivity index (χ4n) is 2.53. The van der Waals surface area contributed by atoms with Gasteiger partial charge in [-0.05, 0) is 12.8 Å². The minimum Gasteiger partial charge on any atom is -0.480 e. The van der Waals surface area contributed by atoms with Crippen molar-refractivity contribution >= 4 is 17.6 Å². The normalized spacial score (nSPS) is 17.1. The third-order valence-corrected chi connectivity index (χ3v) is 3.63. The number of rotatable bonds is 5. The van der Waals surface area contributed by atoms with E-state index in [0.29, 0.717) is 12.8 Å². The zero-order chi connectivity index (χ0) is 15.5. The third kappa shape index (κ3) is 3.36. The van der Waals surface area contributed by atoms with Crippen molar-refractivity contribution in [1.82, 2.24) is 15.1 Å². The first-order valence-corrected chi connectivity index (χ1v) is 6.64. The second-order valence-electron chi connectivity index (χ2n) is 5.15. The quantitative estimate of drug-likeness (QED) is 0.608. The Morgan fingerprint density at radius 2 is 2.10 bits per heavy atom. The van der Waals surface area contributed by atoms with E-state index in [-0.39, 0.29) is 12.2 Å². The highest BCUT2D eigenvalue weighted by molar-refractivity contribution is 5.87. The van der Waals surface area contributed by atoms with Crippen LogP contribution in [0.4, 0.5) is 5.69 Å². The van der Waals surface area contributed by atoms with Crippen LogP contribution in [0, 0.1) is 10.1 Å². The molecule has 2 N–H and O–H groups in total. The summed E-state index contributed by atoms with van der Waals surface area (Å²) >= 11 is 0. The summed E-state index contributed by atoms with van der Waals surface area (Å²) in [6, 6.07) is 0. The van der Waals surface area contributed by atoms with Gasteiger partial charge in [-0.2, -0.15) is 5.10 Å². The van der Waals surface area contributed by atoms with Crippen molar-refractivity contribution < 1.29 is 19.6 Å². The van der Waals surface area contributed by atoms with Crippen molar-refractivity contribution in [2.75, 3.05) is 0 Å². The van der Waals surface area contributed by atoms with Gasteiger partial charge in [-0.15, -0.1) is 0 Å². The number of carboxylic acids is 1. The molecule has 0 aliphatic heterocycles. The first-order valence-electron chi connectivity index (χ1n) is 6.64. The number of nitro groups is 1. The number of aromatic nitrogens is 2. The molecule has 9 nitrogen and oxygen atoms in total. The minimum atomic E-state index is -1.23. The molecule has 0 aromatic carbocycles. The van der Waals surface area contributed by atoms with E-state index in [1.165, 1.54) is 0 Å². The number of nitrogens with zero attached hydrogens (tertiary/aromatic N) is 3. The summed E-state index contributed by atoms with van der Waals surface area (Å²) < 4.78 is 1.12. The molecule has 1 aliphatic carbocycles. The second-order valence-corrected chi connectivity index (χ2v) is 5.15. The molecule has 2 rings (SSSR count). The van der Waals surface area contributed by atoms with Gasteiger partial charge in [0.1, 0.15) is 24.5 Å². The van der Waals surface area contributed by atoms with Gasteiger partial charge in [0.05, 0.1) is 4.92 Å². The summed E-state index contributed by atoms with van der Waals surface area (Å²) in [5, 5.41) is 26.1. The molecule has 1 aromatic heterocycles. The summed E-state index contributed by atoms with van der Waals surface area (Å²) in [6.45, 7) is -0.247. The van der Waals surface area contributed by atoms with Crippen LogP contribution in [0.25, 0.3) is 0 Å². The molecule has 1 fully saturated rings. The first-order chi connectivity index (χ1) is 9.93. The number of hydrogen-bond donors (Lipinski definition) is 2. The van der Waals surface area contributed by atoms with E-state index in [0.717, 1.165) is 36.3 Å².